The maximum atomic E-state index is 12.1. The van der Waals surface area contributed by atoms with Crippen LogP contribution in [0.1, 0.15) is 55.5 Å². The van der Waals surface area contributed by atoms with E-state index in [0.717, 1.165) is 12.8 Å². The molecule has 3 N–H and O–H groups in total. The van der Waals surface area contributed by atoms with Gasteiger partial charge in [-0.15, -0.1) is 12.4 Å². The first-order chi connectivity index (χ1) is 10.6. The van der Waals surface area contributed by atoms with Gasteiger partial charge in [-0.3, -0.25) is 9.59 Å². The molecule has 1 aromatic rings. The average Bonchev–Trinajstić information content (AvgIpc) is 2.55. The first-order valence-electron chi connectivity index (χ1n) is 8.15. The van der Waals surface area contributed by atoms with Crippen molar-refractivity contribution in [3.8, 4) is 0 Å². The minimum absolute atomic E-state index is 0. The van der Waals surface area contributed by atoms with E-state index in [9.17, 15) is 9.59 Å². The van der Waals surface area contributed by atoms with Crippen LogP contribution in [0.15, 0.2) is 24.3 Å². The van der Waals surface area contributed by atoms with Gasteiger partial charge in [-0.1, -0.05) is 44.5 Å². The van der Waals surface area contributed by atoms with Crippen LogP contribution in [-0.2, 0) is 11.2 Å². The molecule has 1 atom stereocenters. The maximum Gasteiger partial charge on any atom is 0.220 e. The second-order valence-corrected chi connectivity index (χ2v) is 5.87. The predicted octanol–water partition coefficient (Wildman–Crippen LogP) is 3.12. The summed E-state index contributed by atoms with van der Waals surface area (Å²) in [6.45, 7) is 5.25. The van der Waals surface area contributed by atoms with Crippen LogP contribution in [0.25, 0.3) is 0 Å². The third-order valence-electron chi connectivity index (χ3n) is 3.72. The van der Waals surface area contributed by atoms with Gasteiger partial charge in [-0.2, -0.15) is 0 Å². The number of carbonyl (C=O) groups is 2. The Balaban J connectivity index is 0.00000484. The quantitative estimate of drug-likeness (QED) is 0.643. The van der Waals surface area contributed by atoms with E-state index in [1.807, 2.05) is 31.2 Å². The fraction of sp³-hybridized carbons (Fsp3) is 0.556. The molecule has 0 bridgehead atoms. The smallest absolute Gasteiger partial charge is 0.220 e. The highest BCUT2D eigenvalue weighted by Gasteiger charge is 2.10. The molecule has 5 heteroatoms. The zero-order valence-corrected chi connectivity index (χ0v) is 15.0. The van der Waals surface area contributed by atoms with E-state index in [4.69, 9.17) is 5.73 Å². The van der Waals surface area contributed by atoms with Gasteiger partial charge in [0.25, 0.3) is 0 Å². The highest BCUT2D eigenvalue weighted by atomic mass is 35.5. The van der Waals surface area contributed by atoms with Crippen molar-refractivity contribution in [2.24, 2.45) is 11.7 Å². The number of carbonyl (C=O) groups excluding carboxylic acids is 2. The number of Topliss-reactive ketones (excluding diaryl/α,β-unsaturated/α-hetero) is 1. The van der Waals surface area contributed by atoms with Crippen LogP contribution in [0.5, 0.6) is 0 Å². The van der Waals surface area contributed by atoms with E-state index in [1.165, 1.54) is 12.0 Å². The van der Waals surface area contributed by atoms with Crippen LogP contribution in [0.4, 0.5) is 0 Å². The van der Waals surface area contributed by atoms with Gasteiger partial charge in [-0.05, 0) is 30.9 Å². The van der Waals surface area contributed by atoms with Crippen LogP contribution in [0.2, 0.25) is 0 Å². The Kier molecular flexibility index (Phi) is 11.4. The molecule has 0 aromatic heterocycles. The van der Waals surface area contributed by atoms with E-state index in [0.29, 0.717) is 18.7 Å². The number of nitrogens with one attached hydrogen (secondary N) is 1. The SMILES string of the molecule is CCCCc1ccc(C(=O)CCC(=O)NCC(C)CN)cc1.Cl. The van der Waals surface area contributed by atoms with E-state index in [-0.39, 0.29) is 42.9 Å². The number of amides is 1. The van der Waals surface area contributed by atoms with Gasteiger partial charge >= 0.3 is 0 Å². The van der Waals surface area contributed by atoms with Crippen molar-refractivity contribution in [1.82, 2.24) is 5.32 Å². The monoisotopic (exact) mass is 340 g/mol. The van der Waals surface area contributed by atoms with Crippen molar-refractivity contribution in [2.45, 2.75) is 46.0 Å². The van der Waals surface area contributed by atoms with Crippen LogP contribution >= 0.6 is 12.4 Å². The predicted molar refractivity (Wildman–Crippen MR) is 97.1 cm³/mol. The number of hydrogen-bond donors (Lipinski definition) is 2. The standard InChI is InChI=1S/C18H28N2O2.ClH/c1-3-4-5-15-6-8-16(9-7-15)17(21)10-11-18(22)20-13-14(2)12-19;/h6-9,14H,3-5,10-13,19H2,1-2H3,(H,20,22);1H. The molecule has 23 heavy (non-hydrogen) atoms. The number of ketones is 1. The first-order valence-corrected chi connectivity index (χ1v) is 8.15. The van der Waals surface area contributed by atoms with Gasteiger partial charge < -0.3 is 11.1 Å². The molecule has 0 heterocycles. The Bertz CT molecular complexity index is 474. The lowest BCUT2D eigenvalue weighted by molar-refractivity contribution is -0.121. The van der Waals surface area contributed by atoms with Crippen LogP contribution in [0.3, 0.4) is 0 Å². The van der Waals surface area contributed by atoms with Crippen LogP contribution in [0, 0.1) is 5.92 Å². The normalized spacial score (nSPS) is 11.4. The summed E-state index contributed by atoms with van der Waals surface area (Å²) in [6, 6.07) is 7.74. The number of hydrogen-bond acceptors (Lipinski definition) is 3. The van der Waals surface area contributed by atoms with Gasteiger partial charge in [0.1, 0.15) is 0 Å². The Hall–Kier alpha value is -1.39. The topological polar surface area (TPSA) is 72.2 Å². The summed E-state index contributed by atoms with van der Waals surface area (Å²) in [7, 11) is 0. The molecular formula is C18H29ClN2O2. The Morgan fingerprint density at radius 1 is 1.17 bits per heavy atom. The number of halogens is 1. The molecule has 1 unspecified atom stereocenters. The lowest BCUT2D eigenvalue weighted by Gasteiger charge is -2.09. The molecule has 0 aliphatic rings. The van der Waals surface area contributed by atoms with Crippen molar-refractivity contribution < 1.29 is 9.59 Å². The molecule has 1 aromatic carbocycles. The van der Waals surface area contributed by atoms with E-state index in [1.54, 1.807) is 0 Å². The highest BCUT2D eigenvalue weighted by Crippen LogP contribution is 2.10. The number of rotatable bonds is 10. The minimum Gasteiger partial charge on any atom is -0.356 e. The van der Waals surface area contributed by atoms with Crippen molar-refractivity contribution in [2.75, 3.05) is 13.1 Å². The molecule has 0 aliphatic heterocycles. The first kappa shape index (κ1) is 21.6. The lowest BCUT2D eigenvalue weighted by Crippen LogP contribution is -2.31. The molecule has 0 spiro atoms. The number of aryl methyl sites for hydroxylation is 1. The Labute approximate surface area is 145 Å². The zero-order valence-electron chi connectivity index (χ0n) is 14.1. The number of nitrogens with two attached hydrogens (primary N) is 1. The molecule has 0 saturated carbocycles. The molecule has 0 aliphatic carbocycles. The van der Waals surface area contributed by atoms with Gasteiger partial charge in [-0.25, -0.2) is 0 Å². The van der Waals surface area contributed by atoms with Crippen LogP contribution < -0.4 is 11.1 Å². The summed E-state index contributed by atoms with van der Waals surface area (Å²) < 4.78 is 0. The molecule has 1 rings (SSSR count). The van der Waals surface area contributed by atoms with Gasteiger partial charge in [0, 0.05) is 24.9 Å². The van der Waals surface area contributed by atoms with Crippen LogP contribution in [-0.4, -0.2) is 24.8 Å². The molecule has 0 saturated heterocycles. The minimum atomic E-state index is -0.0896. The second kappa shape index (κ2) is 12.1. The van der Waals surface area contributed by atoms with E-state index >= 15 is 0 Å². The van der Waals surface area contributed by atoms with E-state index < -0.39 is 0 Å². The van der Waals surface area contributed by atoms with Crippen molar-refractivity contribution in [1.29, 1.82) is 0 Å². The van der Waals surface area contributed by atoms with Crippen molar-refractivity contribution in [3.05, 3.63) is 35.4 Å². The summed E-state index contributed by atoms with van der Waals surface area (Å²) in [5.74, 6) is 0.188. The van der Waals surface area contributed by atoms with E-state index in [2.05, 4.69) is 12.2 Å². The maximum absolute atomic E-state index is 12.1. The third kappa shape index (κ3) is 8.72. The number of benzene rings is 1. The summed E-state index contributed by atoms with van der Waals surface area (Å²) in [5, 5.41) is 2.80. The summed E-state index contributed by atoms with van der Waals surface area (Å²) >= 11 is 0. The highest BCUT2D eigenvalue weighted by molar-refractivity contribution is 5.97. The van der Waals surface area contributed by atoms with Gasteiger partial charge in [0.2, 0.25) is 5.91 Å². The second-order valence-electron chi connectivity index (χ2n) is 5.87. The lowest BCUT2D eigenvalue weighted by atomic mass is 10.0. The molecule has 130 valence electrons. The average molecular weight is 341 g/mol. The molecular weight excluding hydrogens is 312 g/mol. The molecule has 1 amide bonds. The Morgan fingerprint density at radius 2 is 1.83 bits per heavy atom. The summed E-state index contributed by atoms with van der Waals surface area (Å²) in [5.41, 5.74) is 7.43. The van der Waals surface area contributed by atoms with Gasteiger partial charge in [0.05, 0.1) is 0 Å². The molecule has 4 nitrogen and oxygen atoms in total. The fourth-order valence-corrected chi connectivity index (χ4v) is 2.07. The summed E-state index contributed by atoms with van der Waals surface area (Å²) in [4.78, 5) is 23.7. The Morgan fingerprint density at radius 3 is 2.39 bits per heavy atom. The molecule has 0 radical (unpaired) electrons. The van der Waals surface area contributed by atoms with Crippen molar-refractivity contribution >= 4 is 24.1 Å². The fourth-order valence-electron chi connectivity index (χ4n) is 2.07. The molecule has 0 fully saturated rings. The zero-order chi connectivity index (χ0) is 16.4. The largest absolute Gasteiger partial charge is 0.356 e. The summed E-state index contributed by atoms with van der Waals surface area (Å²) in [6.07, 6.45) is 3.85. The van der Waals surface area contributed by atoms with Crippen molar-refractivity contribution in [3.63, 3.8) is 0 Å². The van der Waals surface area contributed by atoms with Gasteiger partial charge in [0.15, 0.2) is 5.78 Å². The third-order valence-corrected chi connectivity index (χ3v) is 3.72. The number of unbranched alkanes of at least 4 members (excludes halogenated alkanes) is 1.